The van der Waals surface area contributed by atoms with Crippen LogP contribution in [-0.2, 0) is 9.59 Å². The molecule has 1 fully saturated rings. The Balaban J connectivity index is 2.42. The number of rotatable bonds is 6. The van der Waals surface area contributed by atoms with Gasteiger partial charge in [0.25, 0.3) is 0 Å². The molecule has 19 heavy (non-hydrogen) atoms. The van der Waals surface area contributed by atoms with Gasteiger partial charge < -0.3 is 15.7 Å². The fraction of sp³-hybridized carbons (Fsp3) is 0.857. The minimum atomic E-state index is -0.963. The lowest BCUT2D eigenvalue weighted by Gasteiger charge is -2.28. The van der Waals surface area contributed by atoms with E-state index in [0.29, 0.717) is 12.3 Å². The van der Waals surface area contributed by atoms with Gasteiger partial charge in [0.2, 0.25) is 5.91 Å². The number of carbonyl (C=O) groups is 2. The second-order valence-corrected chi connectivity index (χ2v) is 5.92. The summed E-state index contributed by atoms with van der Waals surface area (Å²) in [6.07, 6.45) is 2.71. The van der Waals surface area contributed by atoms with Crippen molar-refractivity contribution < 1.29 is 14.7 Å². The molecule has 110 valence electrons. The largest absolute Gasteiger partial charge is 0.480 e. The van der Waals surface area contributed by atoms with E-state index in [1.165, 1.54) is 0 Å². The highest BCUT2D eigenvalue weighted by atomic mass is 16.4. The molecule has 0 aliphatic carbocycles. The number of carboxylic acids is 1. The van der Waals surface area contributed by atoms with Crippen LogP contribution in [0, 0.1) is 17.8 Å². The van der Waals surface area contributed by atoms with Gasteiger partial charge in [-0.2, -0.15) is 0 Å². The molecule has 0 bridgehead atoms. The molecule has 1 rings (SSSR count). The minimum absolute atomic E-state index is 0.104. The molecule has 3 unspecified atom stereocenters. The lowest BCUT2D eigenvalue weighted by molar-refractivity contribution is -0.143. The Labute approximate surface area is 115 Å². The van der Waals surface area contributed by atoms with E-state index in [1.807, 2.05) is 0 Å². The lowest BCUT2D eigenvalue weighted by Crippen LogP contribution is -2.45. The normalized spacial score (nSPS) is 22.8. The average Bonchev–Trinajstić information content (AvgIpc) is 2.36. The van der Waals surface area contributed by atoms with Gasteiger partial charge >= 0.3 is 5.97 Å². The molecule has 1 aliphatic heterocycles. The Morgan fingerprint density at radius 3 is 2.53 bits per heavy atom. The first-order chi connectivity index (χ1) is 8.91. The Kier molecular flexibility index (Phi) is 6.28. The Hall–Kier alpha value is -1.10. The van der Waals surface area contributed by atoms with Gasteiger partial charge in [-0.05, 0) is 43.7 Å². The average molecular weight is 270 g/mol. The van der Waals surface area contributed by atoms with Crippen molar-refractivity contribution in [2.24, 2.45) is 17.8 Å². The first-order valence-electron chi connectivity index (χ1n) is 7.14. The van der Waals surface area contributed by atoms with Crippen molar-refractivity contribution in [1.29, 1.82) is 0 Å². The highest BCUT2D eigenvalue weighted by Gasteiger charge is 2.26. The fourth-order valence-corrected chi connectivity index (χ4v) is 2.57. The van der Waals surface area contributed by atoms with Crippen molar-refractivity contribution in [1.82, 2.24) is 10.6 Å². The molecule has 1 amide bonds. The second kappa shape index (κ2) is 7.48. The van der Waals surface area contributed by atoms with Crippen LogP contribution in [0.25, 0.3) is 0 Å². The van der Waals surface area contributed by atoms with Crippen LogP contribution >= 0.6 is 0 Å². The van der Waals surface area contributed by atoms with E-state index in [1.54, 1.807) is 13.8 Å². The van der Waals surface area contributed by atoms with E-state index in [4.69, 9.17) is 5.11 Å². The summed E-state index contributed by atoms with van der Waals surface area (Å²) < 4.78 is 0. The van der Waals surface area contributed by atoms with Crippen molar-refractivity contribution in [3.8, 4) is 0 Å². The fourth-order valence-electron chi connectivity index (χ4n) is 2.57. The number of piperidine rings is 1. The third-order valence-corrected chi connectivity index (χ3v) is 3.90. The summed E-state index contributed by atoms with van der Waals surface area (Å²) in [6, 6.07) is -0.788. The van der Waals surface area contributed by atoms with Crippen molar-refractivity contribution in [3.63, 3.8) is 0 Å². The van der Waals surface area contributed by atoms with Crippen LogP contribution in [-0.4, -0.2) is 36.1 Å². The molecule has 3 atom stereocenters. The van der Waals surface area contributed by atoms with E-state index < -0.39 is 12.0 Å². The summed E-state index contributed by atoms with van der Waals surface area (Å²) >= 11 is 0. The number of nitrogens with one attached hydrogen (secondary N) is 2. The van der Waals surface area contributed by atoms with Gasteiger partial charge in [0.05, 0.1) is 0 Å². The van der Waals surface area contributed by atoms with Gasteiger partial charge in [0, 0.05) is 6.42 Å². The summed E-state index contributed by atoms with van der Waals surface area (Å²) in [4.78, 5) is 23.0. The van der Waals surface area contributed by atoms with Crippen LogP contribution < -0.4 is 10.6 Å². The molecule has 1 aliphatic rings. The van der Waals surface area contributed by atoms with Crippen LogP contribution in [0.5, 0.6) is 0 Å². The highest BCUT2D eigenvalue weighted by molar-refractivity contribution is 5.83. The van der Waals surface area contributed by atoms with Crippen LogP contribution in [0.1, 0.15) is 40.0 Å². The summed E-state index contributed by atoms with van der Waals surface area (Å²) in [6.45, 7) is 7.69. The predicted molar refractivity (Wildman–Crippen MR) is 73.8 cm³/mol. The zero-order valence-electron chi connectivity index (χ0n) is 12.1. The molecule has 1 saturated heterocycles. The van der Waals surface area contributed by atoms with E-state index in [2.05, 4.69) is 17.6 Å². The molecular weight excluding hydrogens is 244 g/mol. The predicted octanol–water partition coefficient (Wildman–Crippen LogP) is 1.24. The molecule has 1 heterocycles. The van der Waals surface area contributed by atoms with E-state index in [9.17, 15) is 9.59 Å². The third-order valence-electron chi connectivity index (χ3n) is 3.90. The molecule has 3 N–H and O–H groups in total. The molecule has 5 nitrogen and oxygen atoms in total. The van der Waals surface area contributed by atoms with Crippen molar-refractivity contribution >= 4 is 11.9 Å². The smallest absolute Gasteiger partial charge is 0.326 e. The Morgan fingerprint density at radius 1 is 1.37 bits per heavy atom. The van der Waals surface area contributed by atoms with Crippen LogP contribution in [0.2, 0.25) is 0 Å². The Bertz CT molecular complexity index is 312. The Morgan fingerprint density at radius 2 is 2.05 bits per heavy atom. The molecule has 0 spiro atoms. The molecule has 5 heteroatoms. The van der Waals surface area contributed by atoms with E-state index >= 15 is 0 Å². The lowest BCUT2D eigenvalue weighted by atomic mass is 9.85. The SMILES string of the molecule is CC(C)C(NC(=O)CC(C)C1CCCNC1)C(=O)O. The van der Waals surface area contributed by atoms with Crippen molar-refractivity contribution in [2.45, 2.75) is 46.1 Å². The molecule has 0 aromatic heterocycles. The van der Waals surface area contributed by atoms with Crippen LogP contribution in [0.4, 0.5) is 0 Å². The zero-order chi connectivity index (χ0) is 14.4. The maximum Gasteiger partial charge on any atom is 0.326 e. The number of carbonyl (C=O) groups excluding carboxylic acids is 1. The number of aliphatic carboxylic acids is 1. The summed E-state index contributed by atoms with van der Waals surface area (Å²) in [5.74, 6) is -0.418. The first kappa shape index (κ1) is 16.0. The summed E-state index contributed by atoms with van der Waals surface area (Å²) in [5, 5.41) is 15.0. The van der Waals surface area contributed by atoms with E-state index in [-0.39, 0.29) is 17.7 Å². The number of amides is 1. The van der Waals surface area contributed by atoms with Crippen molar-refractivity contribution in [3.05, 3.63) is 0 Å². The molecule has 0 aromatic carbocycles. The maximum absolute atomic E-state index is 11.9. The first-order valence-corrected chi connectivity index (χ1v) is 7.14. The molecule has 0 aromatic rings. The van der Waals surface area contributed by atoms with Gasteiger partial charge in [-0.3, -0.25) is 4.79 Å². The van der Waals surface area contributed by atoms with Gasteiger partial charge in [-0.25, -0.2) is 4.79 Å². The third kappa shape index (κ3) is 5.19. The molecule has 0 radical (unpaired) electrons. The van der Waals surface area contributed by atoms with Crippen LogP contribution in [0.3, 0.4) is 0 Å². The maximum atomic E-state index is 11.9. The van der Waals surface area contributed by atoms with Crippen molar-refractivity contribution in [2.75, 3.05) is 13.1 Å². The minimum Gasteiger partial charge on any atom is -0.480 e. The van der Waals surface area contributed by atoms with Gasteiger partial charge in [0.1, 0.15) is 6.04 Å². The van der Waals surface area contributed by atoms with Gasteiger partial charge in [0.15, 0.2) is 0 Å². The second-order valence-electron chi connectivity index (χ2n) is 5.92. The number of carboxylic acid groups (broad SMARTS) is 1. The van der Waals surface area contributed by atoms with E-state index in [0.717, 1.165) is 25.9 Å². The summed E-state index contributed by atoms with van der Waals surface area (Å²) in [7, 11) is 0. The highest BCUT2D eigenvalue weighted by Crippen LogP contribution is 2.22. The monoisotopic (exact) mass is 270 g/mol. The quantitative estimate of drug-likeness (QED) is 0.678. The molecular formula is C14H26N2O3. The number of hydrogen-bond donors (Lipinski definition) is 3. The van der Waals surface area contributed by atoms with Crippen LogP contribution in [0.15, 0.2) is 0 Å². The van der Waals surface area contributed by atoms with Gasteiger partial charge in [-0.15, -0.1) is 0 Å². The summed E-state index contributed by atoms with van der Waals surface area (Å²) in [5.41, 5.74) is 0. The topological polar surface area (TPSA) is 78.4 Å². The standard InChI is InChI=1S/C14H26N2O3/c1-9(2)13(14(18)19)16-12(17)7-10(3)11-5-4-6-15-8-11/h9-11,13,15H,4-8H2,1-3H3,(H,16,17)(H,18,19). The number of hydrogen-bond acceptors (Lipinski definition) is 3. The van der Waals surface area contributed by atoms with Gasteiger partial charge in [-0.1, -0.05) is 20.8 Å². The molecule has 0 saturated carbocycles. The zero-order valence-corrected chi connectivity index (χ0v) is 12.1.